The third-order valence-electron chi connectivity index (χ3n) is 4.81. The summed E-state index contributed by atoms with van der Waals surface area (Å²) in [5.41, 5.74) is 0.990. The lowest BCUT2D eigenvalue weighted by Gasteiger charge is -2.34. The van der Waals surface area contributed by atoms with Crippen molar-refractivity contribution in [2.45, 2.75) is 23.0 Å². The number of hydrogen-bond donors (Lipinski definition) is 1. The second kappa shape index (κ2) is 10.7. The monoisotopic (exact) mass is 408 g/mol. The molecule has 1 heterocycles. The Morgan fingerprint density at radius 2 is 1.78 bits per heavy atom. The van der Waals surface area contributed by atoms with Crippen molar-refractivity contribution in [1.82, 2.24) is 10.2 Å². The molecule has 3 rings (SSSR count). The molecule has 0 bridgehead atoms. The summed E-state index contributed by atoms with van der Waals surface area (Å²) in [4.78, 5) is 16.1. The average Bonchev–Trinajstić information content (AvgIpc) is 2.68. The largest absolute Gasteiger partial charge is 0.341 e. The predicted molar refractivity (Wildman–Crippen MR) is 112 cm³/mol. The highest BCUT2D eigenvalue weighted by atomic mass is 35.5. The van der Waals surface area contributed by atoms with E-state index in [-0.39, 0.29) is 29.4 Å². The van der Waals surface area contributed by atoms with Crippen LogP contribution in [0.4, 0.5) is 4.39 Å². The highest BCUT2D eigenvalue weighted by Gasteiger charge is 2.29. The summed E-state index contributed by atoms with van der Waals surface area (Å²) in [5.74, 6) is 0.529. The average molecular weight is 409 g/mol. The molecule has 0 aromatic heterocycles. The van der Waals surface area contributed by atoms with E-state index in [1.165, 1.54) is 23.9 Å². The normalized spacial score (nSPS) is 15.9. The number of nitrogens with one attached hydrogen (secondary N) is 1. The number of thioether (sulfide) groups is 1. The molecule has 1 aliphatic heterocycles. The van der Waals surface area contributed by atoms with Gasteiger partial charge >= 0.3 is 0 Å². The van der Waals surface area contributed by atoms with Crippen molar-refractivity contribution in [3.63, 3.8) is 0 Å². The van der Waals surface area contributed by atoms with E-state index in [4.69, 9.17) is 0 Å². The molecule has 0 spiro atoms. The van der Waals surface area contributed by atoms with E-state index < -0.39 is 0 Å². The maximum absolute atomic E-state index is 13.2. The number of hydrogen-bond acceptors (Lipinski definition) is 3. The van der Waals surface area contributed by atoms with Gasteiger partial charge in [0.05, 0.1) is 0 Å². The van der Waals surface area contributed by atoms with Crippen LogP contribution in [0, 0.1) is 11.7 Å². The molecule has 146 valence electrons. The lowest BCUT2D eigenvalue weighted by atomic mass is 9.96. The third kappa shape index (κ3) is 5.96. The molecule has 1 aliphatic rings. The minimum Gasteiger partial charge on any atom is -0.341 e. The summed E-state index contributed by atoms with van der Waals surface area (Å²) in [7, 11) is 1.97. The van der Waals surface area contributed by atoms with Gasteiger partial charge < -0.3 is 10.2 Å². The molecule has 1 unspecified atom stereocenters. The topological polar surface area (TPSA) is 32.3 Å². The number of carbonyl (C=O) groups is 1. The smallest absolute Gasteiger partial charge is 0.240 e. The lowest BCUT2D eigenvalue weighted by Crippen LogP contribution is -2.42. The van der Waals surface area contributed by atoms with Crippen LogP contribution in [0.5, 0.6) is 0 Å². The first-order chi connectivity index (χ1) is 12.7. The molecule has 1 amide bonds. The highest BCUT2D eigenvalue weighted by molar-refractivity contribution is 8.00. The van der Waals surface area contributed by atoms with Gasteiger partial charge in [0.15, 0.2) is 0 Å². The molecule has 1 saturated heterocycles. The van der Waals surface area contributed by atoms with Gasteiger partial charge in [-0.3, -0.25) is 4.79 Å². The fourth-order valence-corrected chi connectivity index (χ4v) is 4.46. The zero-order chi connectivity index (χ0) is 18.4. The fourth-order valence-electron chi connectivity index (χ4n) is 3.35. The summed E-state index contributed by atoms with van der Waals surface area (Å²) in [6.07, 6.45) is 2.07. The molecule has 1 atom stereocenters. The molecule has 0 aliphatic carbocycles. The summed E-state index contributed by atoms with van der Waals surface area (Å²) in [6.45, 7) is 2.62. The molecule has 1 fully saturated rings. The van der Waals surface area contributed by atoms with Crippen molar-refractivity contribution in [2.75, 3.05) is 26.7 Å². The number of halogens is 2. The van der Waals surface area contributed by atoms with Gasteiger partial charge in [0.2, 0.25) is 5.91 Å². The van der Waals surface area contributed by atoms with Crippen molar-refractivity contribution in [2.24, 2.45) is 5.92 Å². The summed E-state index contributed by atoms with van der Waals surface area (Å²) < 4.78 is 13.2. The van der Waals surface area contributed by atoms with Gasteiger partial charge in [0, 0.05) is 18.0 Å². The van der Waals surface area contributed by atoms with Crippen LogP contribution in [-0.4, -0.2) is 37.5 Å². The Morgan fingerprint density at radius 3 is 2.37 bits per heavy atom. The van der Waals surface area contributed by atoms with E-state index in [1.54, 1.807) is 12.1 Å². The molecule has 2 aromatic carbocycles. The first-order valence-electron chi connectivity index (χ1n) is 9.08. The van der Waals surface area contributed by atoms with Gasteiger partial charge in [0.1, 0.15) is 11.1 Å². The molecule has 1 N–H and O–H groups in total. The van der Waals surface area contributed by atoms with E-state index in [0.29, 0.717) is 5.92 Å². The van der Waals surface area contributed by atoms with Gasteiger partial charge in [-0.25, -0.2) is 4.39 Å². The second-order valence-electron chi connectivity index (χ2n) is 6.69. The molecule has 27 heavy (non-hydrogen) atoms. The van der Waals surface area contributed by atoms with E-state index in [9.17, 15) is 9.18 Å². The Hall–Kier alpha value is -1.56. The molecular formula is C21H26ClFN2OS. The lowest BCUT2D eigenvalue weighted by molar-refractivity contribution is -0.132. The quantitative estimate of drug-likeness (QED) is 0.712. The minimum atomic E-state index is -0.303. The highest BCUT2D eigenvalue weighted by Crippen LogP contribution is 2.37. The number of nitrogens with zero attached hydrogens (tertiary/aromatic N) is 1. The van der Waals surface area contributed by atoms with Crippen LogP contribution in [0.2, 0.25) is 0 Å². The Balaban J connectivity index is 0.00000261. The Labute approximate surface area is 171 Å². The van der Waals surface area contributed by atoms with Crippen molar-refractivity contribution in [1.29, 1.82) is 0 Å². The summed E-state index contributed by atoms with van der Waals surface area (Å²) in [5, 5.41) is 2.93. The standard InChI is InChI=1S/C21H25FN2OS.ClH/c1-23-15-16-11-13-24(14-12-16)21(25)20(17-5-3-2-4-6-17)26-19-9-7-18(22)8-10-19;/h2-10,16,20,23H,11-15H2,1H3;1H. The first-order valence-corrected chi connectivity index (χ1v) is 9.96. The van der Waals surface area contributed by atoms with Crippen LogP contribution in [0.1, 0.15) is 23.7 Å². The van der Waals surface area contributed by atoms with Crippen molar-refractivity contribution >= 4 is 30.1 Å². The van der Waals surface area contributed by atoms with Crippen molar-refractivity contribution < 1.29 is 9.18 Å². The molecular weight excluding hydrogens is 383 g/mol. The number of carbonyl (C=O) groups excluding carboxylic acids is 1. The van der Waals surface area contributed by atoms with Gasteiger partial charge in [-0.2, -0.15) is 0 Å². The van der Waals surface area contributed by atoms with Crippen molar-refractivity contribution in [3.8, 4) is 0 Å². The van der Waals surface area contributed by atoms with E-state index in [2.05, 4.69) is 5.32 Å². The van der Waals surface area contributed by atoms with Crippen LogP contribution in [0.15, 0.2) is 59.5 Å². The molecule has 3 nitrogen and oxygen atoms in total. The number of benzene rings is 2. The number of likely N-dealkylation sites (tertiary alicyclic amines) is 1. The van der Waals surface area contributed by atoms with Crippen molar-refractivity contribution in [3.05, 3.63) is 66.0 Å². The molecule has 0 radical (unpaired) electrons. The van der Waals surface area contributed by atoms with Crippen LogP contribution < -0.4 is 5.32 Å². The number of piperidine rings is 1. The predicted octanol–water partition coefficient (Wildman–Crippen LogP) is 4.54. The third-order valence-corrected chi connectivity index (χ3v) is 6.07. The molecule has 0 saturated carbocycles. The minimum absolute atomic E-state index is 0. The van der Waals surface area contributed by atoms with Gasteiger partial charge in [-0.15, -0.1) is 24.2 Å². The maximum Gasteiger partial charge on any atom is 0.240 e. The second-order valence-corrected chi connectivity index (χ2v) is 7.87. The van der Waals surface area contributed by atoms with Crippen LogP contribution in [0.25, 0.3) is 0 Å². The van der Waals surface area contributed by atoms with E-state index in [1.807, 2.05) is 42.3 Å². The van der Waals surface area contributed by atoms with Gasteiger partial charge in [-0.05, 0) is 62.2 Å². The molecule has 6 heteroatoms. The Kier molecular flexibility index (Phi) is 8.61. The summed E-state index contributed by atoms with van der Waals surface area (Å²) >= 11 is 1.49. The van der Waals surface area contributed by atoms with E-state index >= 15 is 0 Å². The van der Waals surface area contributed by atoms with Crippen LogP contribution in [0.3, 0.4) is 0 Å². The SMILES string of the molecule is CNCC1CCN(C(=O)C(Sc2ccc(F)cc2)c2ccccc2)CC1.Cl. The zero-order valence-corrected chi connectivity index (χ0v) is 17.1. The fraction of sp³-hybridized carbons (Fsp3) is 0.381. The van der Waals surface area contributed by atoms with E-state index in [0.717, 1.165) is 42.9 Å². The van der Waals surface area contributed by atoms with Crippen LogP contribution >= 0.6 is 24.2 Å². The van der Waals surface area contributed by atoms with Gasteiger partial charge in [-0.1, -0.05) is 30.3 Å². The molecule has 2 aromatic rings. The Morgan fingerprint density at radius 1 is 1.15 bits per heavy atom. The number of amides is 1. The first kappa shape index (κ1) is 21.7. The maximum atomic E-state index is 13.2. The van der Waals surface area contributed by atoms with Crippen LogP contribution in [-0.2, 0) is 4.79 Å². The Bertz CT molecular complexity index is 706. The number of rotatable bonds is 6. The summed E-state index contributed by atoms with van der Waals surface area (Å²) in [6, 6.07) is 16.2. The van der Waals surface area contributed by atoms with Gasteiger partial charge in [0.25, 0.3) is 0 Å². The zero-order valence-electron chi connectivity index (χ0n) is 15.4.